The van der Waals surface area contributed by atoms with Crippen LogP contribution in [-0.2, 0) is 31.0 Å². The standard InChI is InChI=1S/C28H30F3N3O7S2/c1-40-25-14-13-24(18-26(25)41-2)43(38,39)34(22-8-6-7-20(17-22)28(29,30)31)19-27(35)32-21-9-11-23(12-10-21)42(36,37)33-15-4-3-5-16-33/h6-14,17-18H,3-5,15-16,19H2,1-2H3,(H,32,35). The zero-order chi connectivity index (χ0) is 31.4. The molecule has 4 rings (SSSR count). The summed E-state index contributed by atoms with van der Waals surface area (Å²) < 4.78 is 106. The predicted molar refractivity (Wildman–Crippen MR) is 153 cm³/mol. The number of carbonyl (C=O) groups is 1. The molecule has 1 aliphatic heterocycles. The lowest BCUT2D eigenvalue weighted by Crippen LogP contribution is -2.38. The molecule has 232 valence electrons. The van der Waals surface area contributed by atoms with Crippen LogP contribution in [0.4, 0.5) is 24.5 Å². The Morgan fingerprint density at radius 1 is 0.860 bits per heavy atom. The molecule has 43 heavy (non-hydrogen) atoms. The number of sulfonamides is 2. The summed E-state index contributed by atoms with van der Waals surface area (Å²) in [5.74, 6) is -0.611. The SMILES string of the molecule is COc1ccc(S(=O)(=O)N(CC(=O)Nc2ccc(S(=O)(=O)N3CCCCC3)cc2)c2cccc(C(F)(F)F)c2)cc1OC. The normalized spacial score (nSPS) is 14.6. The number of piperidine rings is 1. The van der Waals surface area contributed by atoms with E-state index in [2.05, 4.69) is 5.32 Å². The highest BCUT2D eigenvalue weighted by molar-refractivity contribution is 7.92. The molecule has 3 aromatic rings. The lowest BCUT2D eigenvalue weighted by atomic mass is 10.2. The molecule has 1 saturated heterocycles. The van der Waals surface area contributed by atoms with Gasteiger partial charge in [-0.3, -0.25) is 9.10 Å². The molecule has 0 radical (unpaired) electrons. The first-order valence-electron chi connectivity index (χ1n) is 13.1. The van der Waals surface area contributed by atoms with Crippen LogP contribution in [0.3, 0.4) is 0 Å². The molecule has 15 heteroatoms. The van der Waals surface area contributed by atoms with Crippen molar-refractivity contribution in [3.63, 3.8) is 0 Å². The Hall–Kier alpha value is -3.82. The number of hydrogen-bond donors (Lipinski definition) is 1. The zero-order valence-corrected chi connectivity index (χ0v) is 24.9. The summed E-state index contributed by atoms with van der Waals surface area (Å²) in [5.41, 5.74) is -1.35. The van der Waals surface area contributed by atoms with E-state index in [0.717, 1.165) is 43.5 Å². The summed E-state index contributed by atoms with van der Waals surface area (Å²) in [7, 11) is -5.70. The second-order valence-electron chi connectivity index (χ2n) is 9.61. The van der Waals surface area contributed by atoms with Gasteiger partial charge in [0.1, 0.15) is 6.54 Å². The molecule has 0 unspecified atom stereocenters. The van der Waals surface area contributed by atoms with E-state index >= 15 is 0 Å². The Morgan fingerprint density at radius 3 is 2.09 bits per heavy atom. The van der Waals surface area contributed by atoms with Gasteiger partial charge in [-0.2, -0.15) is 17.5 Å². The van der Waals surface area contributed by atoms with Gasteiger partial charge < -0.3 is 14.8 Å². The largest absolute Gasteiger partial charge is 0.493 e. The maximum absolute atomic E-state index is 13.8. The molecule has 0 spiro atoms. The fourth-order valence-corrected chi connectivity index (χ4v) is 7.50. The number of amides is 1. The molecule has 1 aliphatic rings. The van der Waals surface area contributed by atoms with Gasteiger partial charge in [-0.15, -0.1) is 0 Å². The van der Waals surface area contributed by atoms with Crippen molar-refractivity contribution in [3.8, 4) is 11.5 Å². The van der Waals surface area contributed by atoms with Crippen LogP contribution in [0.2, 0.25) is 0 Å². The monoisotopic (exact) mass is 641 g/mol. The predicted octanol–water partition coefficient (Wildman–Crippen LogP) is 4.73. The fourth-order valence-electron chi connectivity index (χ4n) is 4.55. The second-order valence-corrected chi connectivity index (χ2v) is 13.4. The molecular weight excluding hydrogens is 611 g/mol. The first-order valence-corrected chi connectivity index (χ1v) is 16.0. The van der Waals surface area contributed by atoms with E-state index in [-0.39, 0.29) is 27.0 Å². The number of methoxy groups -OCH3 is 2. The van der Waals surface area contributed by atoms with E-state index in [1.54, 1.807) is 0 Å². The third kappa shape index (κ3) is 7.22. The van der Waals surface area contributed by atoms with Gasteiger partial charge in [-0.1, -0.05) is 12.5 Å². The molecule has 3 aromatic carbocycles. The van der Waals surface area contributed by atoms with Gasteiger partial charge in [0.15, 0.2) is 11.5 Å². The molecule has 0 bridgehead atoms. The number of anilines is 2. The van der Waals surface area contributed by atoms with Crippen LogP contribution in [0.1, 0.15) is 24.8 Å². The number of rotatable bonds is 10. The second kappa shape index (κ2) is 12.8. The molecule has 1 fully saturated rings. The van der Waals surface area contributed by atoms with E-state index in [0.29, 0.717) is 23.5 Å². The molecular formula is C28H30F3N3O7S2. The van der Waals surface area contributed by atoms with Crippen LogP contribution in [0.15, 0.2) is 76.5 Å². The van der Waals surface area contributed by atoms with Gasteiger partial charge in [0.25, 0.3) is 10.0 Å². The molecule has 1 heterocycles. The van der Waals surface area contributed by atoms with Crippen molar-refractivity contribution < 1.29 is 44.3 Å². The van der Waals surface area contributed by atoms with Gasteiger partial charge in [-0.05, 0) is 67.4 Å². The lowest BCUT2D eigenvalue weighted by molar-refractivity contribution is -0.137. The van der Waals surface area contributed by atoms with Crippen LogP contribution >= 0.6 is 0 Å². The van der Waals surface area contributed by atoms with E-state index in [1.165, 1.54) is 54.9 Å². The number of nitrogens with zero attached hydrogens (tertiary/aromatic N) is 2. The summed E-state index contributed by atoms with van der Waals surface area (Å²) in [6.45, 7) is -0.0622. The van der Waals surface area contributed by atoms with Crippen molar-refractivity contribution in [2.24, 2.45) is 0 Å². The van der Waals surface area contributed by atoms with Crippen LogP contribution in [0.5, 0.6) is 11.5 Å². The first kappa shape index (κ1) is 32.1. The Balaban J connectivity index is 1.63. The third-order valence-electron chi connectivity index (χ3n) is 6.78. The van der Waals surface area contributed by atoms with E-state index in [1.807, 2.05) is 0 Å². The highest BCUT2D eigenvalue weighted by Crippen LogP contribution is 2.35. The Bertz CT molecular complexity index is 1670. The number of ether oxygens (including phenoxy) is 2. The van der Waals surface area contributed by atoms with Crippen LogP contribution in [0.25, 0.3) is 0 Å². The van der Waals surface area contributed by atoms with E-state index in [9.17, 15) is 34.8 Å². The average Bonchev–Trinajstić information content (AvgIpc) is 2.99. The molecule has 1 N–H and O–H groups in total. The lowest BCUT2D eigenvalue weighted by Gasteiger charge is -2.26. The Labute approximate surface area is 248 Å². The minimum atomic E-state index is -4.77. The van der Waals surface area contributed by atoms with Crippen LogP contribution in [0, 0.1) is 0 Å². The summed E-state index contributed by atoms with van der Waals surface area (Å²) in [4.78, 5) is 12.8. The van der Waals surface area contributed by atoms with Crippen molar-refractivity contribution in [1.82, 2.24) is 4.31 Å². The van der Waals surface area contributed by atoms with Crippen molar-refractivity contribution in [2.45, 2.75) is 35.2 Å². The number of hydrogen-bond acceptors (Lipinski definition) is 7. The highest BCUT2D eigenvalue weighted by Gasteiger charge is 2.34. The minimum absolute atomic E-state index is 0.0361. The van der Waals surface area contributed by atoms with Crippen molar-refractivity contribution in [2.75, 3.05) is 43.5 Å². The molecule has 0 aliphatic carbocycles. The quantitative estimate of drug-likeness (QED) is 0.340. The summed E-state index contributed by atoms with van der Waals surface area (Å²) in [6.07, 6.45) is -2.28. The molecule has 0 atom stereocenters. The summed E-state index contributed by atoms with van der Waals surface area (Å²) >= 11 is 0. The van der Waals surface area contributed by atoms with Crippen molar-refractivity contribution in [1.29, 1.82) is 0 Å². The number of carbonyl (C=O) groups excluding carboxylic acids is 1. The van der Waals surface area contributed by atoms with Gasteiger partial charge in [0, 0.05) is 24.8 Å². The van der Waals surface area contributed by atoms with Crippen LogP contribution < -0.4 is 19.1 Å². The number of benzene rings is 3. The minimum Gasteiger partial charge on any atom is -0.493 e. The molecule has 0 aromatic heterocycles. The van der Waals surface area contributed by atoms with Crippen LogP contribution in [-0.4, -0.2) is 60.9 Å². The first-order chi connectivity index (χ1) is 20.3. The number of alkyl halides is 3. The highest BCUT2D eigenvalue weighted by atomic mass is 32.2. The summed E-state index contributed by atoms with van der Waals surface area (Å²) in [5, 5.41) is 2.49. The van der Waals surface area contributed by atoms with Gasteiger partial charge in [0.05, 0.1) is 35.3 Å². The third-order valence-corrected chi connectivity index (χ3v) is 10.5. The fraction of sp³-hybridized carbons (Fsp3) is 0.321. The zero-order valence-electron chi connectivity index (χ0n) is 23.3. The smallest absolute Gasteiger partial charge is 0.416 e. The van der Waals surface area contributed by atoms with Gasteiger partial charge in [0.2, 0.25) is 15.9 Å². The number of halogens is 3. The van der Waals surface area contributed by atoms with Gasteiger partial charge >= 0.3 is 6.18 Å². The maximum atomic E-state index is 13.8. The topological polar surface area (TPSA) is 122 Å². The van der Waals surface area contributed by atoms with Crippen molar-refractivity contribution >= 4 is 37.3 Å². The Morgan fingerprint density at radius 2 is 1.49 bits per heavy atom. The maximum Gasteiger partial charge on any atom is 0.416 e. The van der Waals surface area contributed by atoms with E-state index in [4.69, 9.17) is 9.47 Å². The van der Waals surface area contributed by atoms with E-state index < -0.39 is 49.9 Å². The summed E-state index contributed by atoms with van der Waals surface area (Å²) in [6, 6.07) is 12.6. The van der Waals surface area contributed by atoms with Gasteiger partial charge in [-0.25, -0.2) is 16.8 Å². The Kier molecular flexibility index (Phi) is 9.57. The molecule has 0 saturated carbocycles. The average molecular weight is 642 g/mol. The molecule has 1 amide bonds. The van der Waals surface area contributed by atoms with Crippen molar-refractivity contribution in [3.05, 3.63) is 72.3 Å². The molecule has 10 nitrogen and oxygen atoms in total. The number of nitrogens with one attached hydrogen (secondary N) is 1.